The molecule has 1 saturated carbocycles. The highest BCUT2D eigenvalue weighted by molar-refractivity contribution is 6.19. The summed E-state index contributed by atoms with van der Waals surface area (Å²) >= 11 is 5.73. The van der Waals surface area contributed by atoms with Gasteiger partial charge in [-0.25, -0.2) is 0 Å². The summed E-state index contributed by atoms with van der Waals surface area (Å²) < 4.78 is 5.54. The molecular weight excluding hydrogens is 172 g/mol. The predicted molar refractivity (Wildman–Crippen MR) is 52.7 cm³/mol. The van der Waals surface area contributed by atoms with Crippen LogP contribution >= 0.6 is 11.6 Å². The molecule has 0 aromatic carbocycles. The first-order chi connectivity index (χ1) is 5.72. The summed E-state index contributed by atoms with van der Waals surface area (Å²) in [4.78, 5) is 0. The Morgan fingerprint density at radius 2 is 2.08 bits per heavy atom. The maximum Gasteiger partial charge on any atom is 0.0861 e. The van der Waals surface area contributed by atoms with Crippen molar-refractivity contribution in [2.75, 3.05) is 13.0 Å². The van der Waals surface area contributed by atoms with E-state index >= 15 is 0 Å². The molecule has 2 heteroatoms. The molecule has 0 aromatic heterocycles. The van der Waals surface area contributed by atoms with Gasteiger partial charge in [-0.1, -0.05) is 24.5 Å². The Balaban J connectivity index is 2.66. The maximum absolute atomic E-state index is 5.73. The average Bonchev–Trinajstić information content (AvgIpc) is 2.54. The normalized spacial score (nSPS) is 23.1. The Kier molecular flexibility index (Phi) is 3.60. The van der Waals surface area contributed by atoms with Crippen LogP contribution in [0.2, 0.25) is 0 Å². The molecule has 12 heavy (non-hydrogen) atoms. The quantitative estimate of drug-likeness (QED) is 0.489. The molecule has 0 aromatic rings. The van der Waals surface area contributed by atoms with Gasteiger partial charge in [-0.3, -0.25) is 0 Å². The van der Waals surface area contributed by atoms with E-state index < -0.39 is 0 Å². The average molecular weight is 189 g/mol. The lowest BCUT2D eigenvalue weighted by Gasteiger charge is -2.24. The van der Waals surface area contributed by atoms with E-state index in [2.05, 4.69) is 13.0 Å². The van der Waals surface area contributed by atoms with Crippen LogP contribution in [0.15, 0.2) is 11.6 Å². The highest BCUT2D eigenvalue weighted by Crippen LogP contribution is 2.34. The van der Waals surface area contributed by atoms with Crippen molar-refractivity contribution in [3.63, 3.8) is 0 Å². The van der Waals surface area contributed by atoms with Gasteiger partial charge in [0.05, 0.1) is 5.60 Å². The Labute approximate surface area is 79.7 Å². The molecule has 0 bridgehead atoms. The zero-order chi connectivity index (χ0) is 9.03. The van der Waals surface area contributed by atoms with Crippen LogP contribution in [0.4, 0.5) is 0 Å². The molecule has 0 N–H and O–H groups in total. The van der Waals surface area contributed by atoms with E-state index in [4.69, 9.17) is 16.3 Å². The van der Waals surface area contributed by atoms with Crippen LogP contribution in [-0.4, -0.2) is 18.6 Å². The fraction of sp³-hybridized carbons (Fsp3) is 0.800. The summed E-state index contributed by atoms with van der Waals surface area (Å²) in [6.45, 7) is 2.06. The Bertz CT molecular complexity index is 169. The van der Waals surface area contributed by atoms with Gasteiger partial charge in [0, 0.05) is 13.0 Å². The molecule has 0 aliphatic heterocycles. The zero-order valence-electron chi connectivity index (χ0n) is 7.90. The van der Waals surface area contributed by atoms with Crippen LogP contribution in [0.5, 0.6) is 0 Å². The first kappa shape index (κ1) is 10.1. The smallest absolute Gasteiger partial charge is 0.0861 e. The van der Waals surface area contributed by atoms with Crippen LogP contribution in [0.25, 0.3) is 0 Å². The van der Waals surface area contributed by atoms with E-state index in [1.165, 1.54) is 18.4 Å². The number of allylic oxidation sites excluding steroid dienone is 1. The molecule has 1 aliphatic carbocycles. The van der Waals surface area contributed by atoms with Crippen molar-refractivity contribution in [3.8, 4) is 0 Å². The maximum atomic E-state index is 5.73. The van der Waals surface area contributed by atoms with E-state index in [1.807, 2.05) is 0 Å². The molecule has 0 atom stereocenters. The molecule has 0 saturated heterocycles. The molecule has 70 valence electrons. The SMILES string of the molecule is COC1(/C=C(/C)CCl)CCCC1. The Morgan fingerprint density at radius 3 is 2.50 bits per heavy atom. The number of halogens is 1. The van der Waals surface area contributed by atoms with Crippen LogP contribution < -0.4 is 0 Å². The highest BCUT2D eigenvalue weighted by Gasteiger charge is 2.31. The van der Waals surface area contributed by atoms with Crippen LogP contribution in [-0.2, 0) is 4.74 Å². The standard InChI is InChI=1S/C10H17ClO/c1-9(8-11)7-10(12-2)5-3-4-6-10/h7H,3-6,8H2,1-2H3/b9-7-. The molecule has 0 radical (unpaired) electrons. The summed E-state index contributed by atoms with van der Waals surface area (Å²) in [6, 6.07) is 0. The lowest BCUT2D eigenvalue weighted by atomic mass is 9.99. The minimum Gasteiger partial charge on any atom is -0.374 e. The van der Waals surface area contributed by atoms with Gasteiger partial charge in [0.2, 0.25) is 0 Å². The lowest BCUT2D eigenvalue weighted by Crippen LogP contribution is -2.24. The minimum absolute atomic E-state index is 0.0129. The van der Waals surface area contributed by atoms with Crippen molar-refractivity contribution >= 4 is 11.6 Å². The number of alkyl halides is 1. The van der Waals surface area contributed by atoms with Gasteiger partial charge in [-0.15, -0.1) is 11.6 Å². The van der Waals surface area contributed by atoms with Gasteiger partial charge in [-0.2, -0.15) is 0 Å². The first-order valence-electron chi connectivity index (χ1n) is 4.52. The van der Waals surface area contributed by atoms with E-state index in [1.54, 1.807) is 7.11 Å². The van der Waals surface area contributed by atoms with Crippen molar-refractivity contribution in [2.24, 2.45) is 0 Å². The third kappa shape index (κ3) is 2.24. The number of hydrogen-bond donors (Lipinski definition) is 0. The van der Waals surface area contributed by atoms with Gasteiger partial charge in [0.15, 0.2) is 0 Å². The second kappa shape index (κ2) is 4.29. The summed E-state index contributed by atoms with van der Waals surface area (Å²) in [5.41, 5.74) is 1.24. The number of hydrogen-bond acceptors (Lipinski definition) is 1. The van der Waals surface area contributed by atoms with Gasteiger partial charge < -0.3 is 4.74 Å². The van der Waals surface area contributed by atoms with Crippen LogP contribution in [0.3, 0.4) is 0 Å². The number of methoxy groups -OCH3 is 1. The molecule has 0 unspecified atom stereocenters. The summed E-state index contributed by atoms with van der Waals surface area (Å²) in [5.74, 6) is 0.616. The van der Waals surface area contributed by atoms with E-state index in [-0.39, 0.29) is 5.60 Å². The molecule has 1 aliphatic rings. The van der Waals surface area contributed by atoms with Gasteiger partial charge in [-0.05, 0) is 19.8 Å². The summed E-state index contributed by atoms with van der Waals surface area (Å²) in [5, 5.41) is 0. The third-order valence-corrected chi connectivity index (χ3v) is 3.00. The lowest BCUT2D eigenvalue weighted by molar-refractivity contribution is 0.0381. The first-order valence-corrected chi connectivity index (χ1v) is 5.05. The largest absolute Gasteiger partial charge is 0.374 e. The molecule has 1 nitrogen and oxygen atoms in total. The van der Waals surface area contributed by atoms with Gasteiger partial charge in [0.25, 0.3) is 0 Å². The Morgan fingerprint density at radius 1 is 1.50 bits per heavy atom. The summed E-state index contributed by atoms with van der Waals surface area (Å²) in [7, 11) is 1.79. The predicted octanol–water partition coefficient (Wildman–Crippen LogP) is 3.13. The monoisotopic (exact) mass is 188 g/mol. The van der Waals surface area contributed by atoms with Crippen molar-refractivity contribution < 1.29 is 4.74 Å². The van der Waals surface area contributed by atoms with Gasteiger partial charge in [0.1, 0.15) is 0 Å². The van der Waals surface area contributed by atoms with Crippen molar-refractivity contribution in [3.05, 3.63) is 11.6 Å². The van der Waals surface area contributed by atoms with Crippen molar-refractivity contribution in [2.45, 2.75) is 38.2 Å². The van der Waals surface area contributed by atoms with E-state index in [9.17, 15) is 0 Å². The zero-order valence-corrected chi connectivity index (χ0v) is 8.66. The molecular formula is C10H17ClO. The fourth-order valence-electron chi connectivity index (χ4n) is 1.87. The molecule has 1 rings (SSSR count). The van der Waals surface area contributed by atoms with Crippen molar-refractivity contribution in [1.29, 1.82) is 0 Å². The molecule has 0 heterocycles. The van der Waals surface area contributed by atoms with Crippen molar-refractivity contribution in [1.82, 2.24) is 0 Å². The summed E-state index contributed by atoms with van der Waals surface area (Å²) in [6.07, 6.45) is 7.06. The minimum atomic E-state index is 0.0129. The van der Waals surface area contributed by atoms with E-state index in [0.717, 1.165) is 12.8 Å². The molecule has 1 fully saturated rings. The van der Waals surface area contributed by atoms with Gasteiger partial charge >= 0.3 is 0 Å². The Hall–Kier alpha value is -0.0100. The fourth-order valence-corrected chi connectivity index (χ4v) is 1.95. The second-order valence-corrected chi connectivity index (χ2v) is 3.87. The van der Waals surface area contributed by atoms with Crippen LogP contribution in [0, 0.1) is 0 Å². The third-order valence-electron chi connectivity index (χ3n) is 2.58. The van der Waals surface area contributed by atoms with Crippen LogP contribution in [0.1, 0.15) is 32.6 Å². The van der Waals surface area contributed by atoms with E-state index in [0.29, 0.717) is 5.88 Å². The highest BCUT2D eigenvalue weighted by atomic mass is 35.5. The topological polar surface area (TPSA) is 9.23 Å². The molecule has 0 amide bonds. The molecule has 0 spiro atoms. The number of ether oxygens (including phenoxy) is 1. The number of rotatable bonds is 3. The second-order valence-electron chi connectivity index (χ2n) is 3.60.